The molecule has 0 heterocycles. The molecule has 1 unspecified atom stereocenters. The van der Waals surface area contributed by atoms with Gasteiger partial charge < -0.3 is 10.1 Å². The third-order valence-corrected chi connectivity index (χ3v) is 3.93. The van der Waals surface area contributed by atoms with Crippen LogP contribution in [0, 0.1) is 5.92 Å². The quantitative estimate of drug-likeness (QED) is 0.808. The van der Waals surface area contributed by atoms with Gasteiger partial charge in [-0.1, -0.05) is 38.1 Å². The predicted molar refractivity (Wildman–Crippen MR) is 80.4 cm³/mol. The predicted octanol–water partition coefficient (Wildman–Crippen LogP) is 3.71. The molecule has 0 spiro atoms. The molecule has 0 radical (unpaired) electrons. The van der Waals surface area contributed by atoms with Crippen molar-refractivity contribution in [1.29, 1.82) is 0 Å². The van der Waals surface area contributed by atoms with Crippen molar-refractivity contribution in [3.05, 3.63) is 35.4 Å². The number of nitrogens with one attached hydrogen (secondary N) is 1. The van der Waals surface area contributed by atoms with Gasteiger partial charge in [0, 0.05) is 0 Å². The Morgan fingerprint density at radius 2 is 1.89 bits per heavy atom. The highest BCUT2D eigenvalue weighted by Gasteiger charge is 2.19. The molecule has 2 nitrogen and oxygen atoms in total. The number of hydrogen-bond donors (Lipinski definition) is 1. The second kappa shape index (κ2) is 7.06. The number of likely N-dealkylation sites (N-methyl/N-ethyl adjacent to an activating group) is 1. The van der Waals surface area contributed by atoms with Crippen molar-refractivity contribution in [2.45, 2.75) is 51.7 Å². The largest absolute Gasteiger partial charge is 0.376 e. The van der Waals surface area contributed by atoms with E-state index < -0.39 is 0 Å². The Kier molecular flexibility index (Phi) is 5.41. The van der Waals surface area contributed by atoms with Crippen LogP contribution in [0.25, 0.3) is 0 Å². The maximum absolute atomic E-state index is 5.92. The van der Waals surface area contributed by atoms with Gasteiger partial charge in [0.2, 0.25) is 0 Å². The molecule has 1 aromatic carbocycles. The Bertz CT molecular complexity index is 367. The molecule has 0 saturated heterocycles. The highest BCUT2D eigenvalue weighted by atomic mass is 16.5. The second-order valence-electron chi connectivity index (χ2n) is 6.07. The first-order valence-corrected chi connectivity index (χ1v) is 7.56. The molecule has 2 rings (SSSR count). The molecule has 1 fully saturated rings. The molecule has 1 saturated carbocycles. The second-order valence-corrected chi connectivity index (χ2v) is 6.07. The Labute approximate surface area is 117 Å². The Morgan fingerprint density at radius 1 is 1.21 bits per heavy atom. The van der Waals surface area contributed by atoms with E-state index in [9.17, 15) is 0 Å². The fourth-order valence-corrected chi connectivity index (χ4v) is 2.47. The molecule has 1 aliphatic rings. The lowest BCUT2D eigenvalue weighted by Crippen LogP contribution is -2.28. The summed E-state index contributed by atoms with van der Waals surface area (Å²) in [5, 5.41) is 3.36. The van der Waals surface area contributed by atoms with Crippen molar-refractivity contribution in [1.82, 2.24) is 5.32 Å². The average Bonchev–Trinajstić information content (AvgIpc) is 2.33. The Balaban J connectivity index is 1.89. The van der Waals surface area contributed by atoms with Crippen LogP contribution in [0.2, 0.25) is 0 Å². The van der Waals surface area contributed by atoms with Crippen LogP contribution in [0.4, 0.5) is 0 Å². The molecule has 19 heavy (non-hydrogen) atoms. The number of benzene rings is 1. The van der Waals surface area contributed by atoms with Gasteiger partial charge in [-0.15, -0.1) is 0 Å². The zero-order chi connectivity index (χ0) is 13.7. The van der Waals surface area contributed by atoms with Crippen molar-refractivity contribution in [3.63, 3.8) is 0 Å². The van der Waals surface area contributed by atoms with E-state index in [1.54, 1.807) is 0 Å². The summed E-state index contributed by atoms with van der Waals surface area (Å²) in [7, 11) is 2.01. The monoisotopic (exact) mass is 261 g/mol. The van der Waals surface area contributed by atoms with Gasteiger partial charge in [0.25, 0.3) is 0 Å². The minimum atomic E-state index is 0.314. The van der Waals surface area contributed by atoms with Gasteiger partial charge in [-0.3, -0.25) is 0 Å². The molecule has 1 aliphatic carbocycles. The van der Waals surface area contributed by atoms with Crippen LogP contribution in [0.5, 0.6) is 0 Å². The lowest BCUT2D eigenvalue weighted by atomic mass is 9.96. The van der Waals surface area contributed by atoms with Crippen molar-refractivity contribution >= 4 is 0 Å². The van der Waals surface area contributed by atoms with Gasteiger partial charge in [0.1, 0.15) is 0 Å². The van der Waals surface area contributed by atoms with E-state index in [4.69, 9.17) is 4.74 Å². The first-order chi connectivity index (χ1) is 9.19. The molecule has 1 atom stereocenters. The standard InChI is InChI=1S/C17H27NO/c1-13(2)11-14-7-9-15(10-8-14)17(18-3)12-19-16-5-4-6-16/h7-10,13,16-18H,4-6,11-12H2,1-3H3. The normalized spacial score (nSPS) is 17.5. The molecule has 0 aliphatic heterocycles. The minimum Gasteiger partial charge on any atom is -0.376 e. The molecule has 0 bridgehead atoms. The highest BCUT2D eigenvalue weighted by molar-refractivity contribution is 5.25. The first kappa shape index (κ1) is 14.5. The van der Waals surface area contributed by atoms with Crippen molar-refractivity contribution < 1.29 is 4.74 Å². The van der Waals surface area contributed by atoms with Gasteiger partial charge >= 0.3 is 0 Å². The molecule has 0 amide bonds. The first-order valence-electron chi connectivity index (χ1n) is 7.56. The van der Waals surface area contributed by atoms with Crippen LogP contribution in [0.15, 0.2) is 24.3 Å². The Hall–Kier alpha value is -0.860. The molecular formula is C17H27NO. The van der Waals surface area contributed by atoms with Crippen LogP contribution in [0.1, 0.15) is 50.3 Å². The van der Waals surface area contributed by atoms with Crippen LogP contribution in [-0.2, 0) is 11.2 Å². The van der Waals surface area contributed by atoms with Gasteiger partial charge in [-0.05, 0) is 49.8 Å². The topological polar surface area (TPSA) is 21.3 Å². The molecule has 2 heteroatoms. The van der Waals surface area contributed by atoms with Crippen molar-refractivity contribution in [2.75, 3.05) is 13.7 Å². The summed E-state index contributed by atoms with van der Waals surface area (Å²) < 4.78 is 5.92. The smallest absolute Gasteiger partial charge is 0.0665 e. The van der Waals surface area contributed by atoms with Crippen LogP contribution >= 0.6 is 0 Å². The van der Waals surface area contributed by atoms with Crippen molar-refractivity contribution in [3.8, 4) is 0 Å². The van der Waals surface area contributed by atoms with E-state index in [0.717, 1.165) is 13.0 Å². The van der Waals surface area contributed by atoms with E-state index in [0.29, 0.717) is 18.1 Å². The Morgan fingerprint density at radius 3 is 2.37 bits per heavy atom. The summed E-state index contributed by atoms with van der Waals surface area (Å²) >= 11 is 0. The SMILES string of the molecule is CNC(COC1CCC1)c1ccc(CC(C)C)cc1. The highest BCUT2D eigenvalue weighted by Crippen LogP contribution is 2.24. The van der Waals surface area contributed by atoms with Crippen molar-refractivity contribution in [2.24, 2.45) is 5.92 Å². The molecule has 1 aromatic rings. The zero-order valence-electron chi connectivity index (χ0n) is 12.5. The lowest BCUT2D eigenvalue weighted by molar-refractivity contribution is -0.00794. The van der Waals surface area contributed by atoms with Crippen LogP contribution < -0.4 is 5.32 Å². The summed E-state index contributed by atoms with van der Waals surface area (Å²) in [5.74, 6) is 0.716. The van der Waals surface area contributed by atoms with E-state index in [2.05, 4.69) is 43.4 Å². The fourth-order valence-electron chi connectivity index (χ4n) is 2.47. The minimum absolute atomic E-state index is 0.314. The summed E-state index contributed by atoms with van der Waals surface area (Å²) in [4.78, 5) is 0. The van der Waals surface area contributed by atoms with E-state index in [1.807, 2.05) is 7.05 Å². The molecule has 106 valence electrons. The van der Waals surface area contributed by atoms with Gasteiger partial charge in [0.15, 0.2) is 0 Å². The number of ether oxygens (including phenoxy) is 1. The zero-order valence-corrected chi connectivity index (χ0v) is 12.5. The molecule has 1 N–H and O–H groups in total. The third kappa shape index (κ3) is 4.32. The maximum atomic E-state index is 5.92. The maximum Gasteiger partial charge on any atom is 0.0665 e. The third-order valence-electron chi connectivity index (χ3n) is 3.93. The number of rotatable bonds is 7. The van der Waals surface area contributed by atoms with Crippen LogP contribution in [0.3, 0.4) is 0 Å². The summed E-state index contributed by atoms with van der Waals surface area (Å²) in [6.07, 6.45) is 5.48. The lowest BCUT2D eigenvalue weighted by Gasteiger charge is -2.28. The van der Waals surface area contributed by atoms with Crippen LogP contribution in [-0.4, -0.2) is 19.8 Å². The number of hydrogen-bond acceptors (Lipinski definition) is 2. The summed E-state index contributed by atoms with van der Waals surface area (Å²) in [6.45, 7) is 5.30. The molecular weight excluding hydrogens is 234 g/mol. The van der Waals surface area contributed by atoms with Gasteiger partial charge in [-0.25, -0.2) is 0 Å². The summed E-state index contributed by atoms with van der Waals surface area (Å²) in [6, 6.07) is 9.30. The molecule has 0 aromatic heterocycles. The van der Waals surface area contributed by atoms with Gasteiger partial charge in [-0.2, -0.15) is 0 Å². The van der Waals surface area contributed by atoms with E-state index in [1.165, 1.54) is 30.4 Å². The van der Waals surface area contributed by atoms with Gasteiger partial charge in [0.05, 0.1) is 18.8 Å². The van der Waals surface area contributed by atoms with E-state index >= 15 is 0 Å². The average molecular weight is 261 g/mol. The van der Waals surface area contributed by atoms with E-state index in [-0.39, 0.29) is 0 Å². The summed E-state index contributed by atoms with van der Waals surface area (Å²) in [5.41, 5.74) is 2.75. The fraction of sp³-hybridized carbons (Fsp3) is 0.647.